The lowest BCUT2D eigenvalue weighted by atomic mass is 10.1. The molecule has 118 valence electrons. The maximum absolute atomic E-state index is 11.9. The second kappa shape index (κ2) is 7.45. The third-order valence-corrected chi connectivity index (χ3v) is 3.98. The van der Waals surface area contributed by atoms with Crippen LogP contribution in [0.15, 0.2) is 34.9 Å². The van der Waals surface area contributed by atoms with Gasteiger partial charge in [0.15, 0.2) is 11.7 Å². The van der Waals surface area contributed by atoms with Gasteiger partial charge in [0.2, 0.25) is 5.91 Å². The van der Waals surface area contributed by atoms with Gasteiger partial charge in [-0.3, -0.25) is 4.79 Å². The van der Waals surface area contributed by atoms with Crippen LogP contribution in [0.2, 0.25) is 5.02 Å². The van der Waals surface area contributed by atoms with E-state index in [1.807, 2.05) is 25.1 Å². The maximum atomic E-state index is 11.9. The lowest BCUT2D eigenvalue weighted by molar-refractivity contribution is -0.122. The molecule has 0 aliphatic heterocycles. The van der Waals surface area contributed by atoms with Gasteiger partial charge in [-0.25, -0.2) is 4.98 Å². The van der Waals surface area contributed by atoms with E-state index in [1.165, 1.54) is 0 Å². The number of carbonyl (C=O) groups excluding carboxylic acids is 1. The SMILES string of the molecule is CC(C)C(C)NC(=O)CCc1ncc(-c2ccccc2Cl)o1. The Morgan fingerprint density at radius 3 is 2.73 bits per heavy atom. The highest BCUT2D eigenvalue weighted by Crippen LogP contribution is 2.28. The number of hydrogen-bond donors (Lipinski definition) is 1. The highest BCUT2D eigenvalue weighted by atomic mass is 35.5. The second-order valence-corrected chi connectivity index (χ2v) is 6.11. The fraction of sp³-hybridized carbons (Fsp3) is 0.412. The minimum absolute atomic E-state index is 0.0127. The normalized spacial score (nSPS) is 12.4. The summed E-state index contributed by atoms with van der Waals surface area (Å²) in [5.74, 6) is 1.59. The number of nitrogens with zero attached hydrogens (tertiary/aromatic N) is 1. The van der Waals surface area contributed by atoms with Gasteiger partial charge in [-0.2, -0.15) is 0 Å². The molecule has 0 spiro atoms. The van der Waals surface area contributed by atoms with Gasteiger partial charge in [-0.1, -0.05) is 37.6 Å². The number of aryl methyl sites for hydroxylation is 1. The van der Waals surface area contributed by atoms with Crippen LogP contribution in [0.1, 0.15) is 33.1 Å². The summed E-state index contributed by atoms with van der Waals surface area (Å²) in [6, 6.07) is 7.60. The monoisotopic (exact) mass is 320 g/mol. The van der Waals surface area contributed by atoms with E-state index >= 15 is 0 Å². The number of carbonyl (C=O) groups is 1. The van der Waals surface area contributed by atoms with E-state index in [4.69, 9.17) is 16.0 Å². The van der Waals surface area contributed by atoms with Crippen molar-refractivity contribution in [3.63, 3.8) is 0 Å². The van der Waals surface area contributed by atoms with E-state index in [-0.39, 0.29) is 11.9 Å². The predicted octanol–water partition coefficient (Wildman–Crippen LogP) is 4.09. The van der Waals surface area contributed by atoms with Crippen molar-refractivity contribution >= 4 is 17.5 Å². The Morgan fingerprint density at radius 2 is 2.05 bits per heavy atom. The largest absolute Gasteiger partial charge is 0.441 e. The first-order valence-electron chi connectivity index (χ1n) is 7.46. The molecule has 0 aliphatic rings. The second-order valence-electron chi connectivity index (χ2n) is 5.70. The maximum Gasteiger partial charge on any atom is 0.220 e. The van der Waals surface area contributed by atoms with Crippen LogP contribution in [0.25, 0.3) is 11.3 Å². The summed E-state index contributed by atoms with van der Waals surface area (Å²) >= 11 is 6.13. The van der Waals surface area contributed by atoms with Gasteiger partial charge in [0.1, 0.15) is 0 Å². The lowest BCUT2D eigenvalue weighted by Gasteiger charge is -2.16. The number of oxazole rings is 1. The van der Waals surface area contributed by atoms with Crippen LogP contribution in [-0.4, -0.2) is 16.9 Å². The van der Waals surface area contributed by atoms with Gasteiger partial charge in [-0.05, 0) is 25.0 Å². The number of halogens is 1. The van der Waals surface area contributed by atoms with Gasteiger partial charge < -0.3 is 9.73 Å². The molecule has 1 aromatic heterocycles. The first-order chi connectivity index (χ1) is 10.5. The highest BCUT2D eigenvalue weighted by molar-refractivity contribution is 6.33. The average Bonchev–Trinajstić information content (AvgIpc) is 2.94. The summed E-state index contributed by atoms with van der Waals surface area (Å²) in [5, 5.41) is 3.59. The van der Waals surface area contributed by atoms with Crippen LogP contribution in [0.5, 0.6) is 0 Å². The van der Waals surface area contributed by atoms with Gasteiger partial charge in [0.25, 0.3) is 0 Å². The summed E-state index contributed by atoms with van der Waals surface area (Å²) in [7, 11) is 0. The molecule has 0 saturated heterocycles. The Bertz CT molecular complexity index is 637. The van der Waals surface area contributed by atoms with Crippen molar-refractivity contribution in [3.05, 3.63) is 41.4 Å². The minimum atomic E-state index is 0.0127. The molecule has 1 atom stereocenters. The van der Waals surface area contributed by atoms with E-state index in [0.29, 0.717) is 35.4 Å². The fourth-order valence-electron chi connectivity index (χ4n) is 1.92. The average molecular weight is 321 g/mol. The molecule has 1 aromatic carbocycles. The molecule has 5 heteroatoms. The van der Waals surface area contributed by atoms with E-state index in [9.17, 15) is 4.79 Å². The minimum Gasteiger partial charge on any atom is -0.441 e. The Balaban J connectivity index is 1.93. The lowest BCUT2D eigenvalue weighted by Crippen LogP contribution is -2.36. The van der Waals surface area contributed by atoms with Crippen molar-refractivity contribution in [1.29, 1.82) is 0 Å². The number of nitrogens with one attached hydrogen (secondary N) is 1. The van der Waals surface area contributed by atoms with Crippen LogP contribution in [-0.2, 0) is 11.2 Å². The van der Waals surface area contributed by atoms with Crippen molar-refractivity contribution < 1.29 is 9.21 Å². The Kier molecular flexibility index (Phi) is 5.61. The Hall–Kier alpha value is -1.81. The molecular formula is C17H21ClN2O2. The van der Waals surface area contributed by atoms with Gasteiger partial charge in [-0.15, -0.1) is 0 Å². The zero-order chi connectivity index (χ0) is 16.1. The predicted molar refractivity (Wildman–Crippen MR) is 87.7 cm³/mol. The van der Waals surface area contributed by atoms with Crippen molar-refractivity contribution in [1.82, 2.24) is 10.3 Å². The molecular weight excluding hydrogens is 300 g/mol. The zero-order valence-electron chi connectivity index (χ0n) is 13.1. The van der Waals surface area contributed by atoms with Crippen molar-refractivity contribution in [2.45, 2.75) is 39.7 Å². The summed E-state index contributed by atoms with van der Waals surface area (Å²) in [6.45, 7) is 6.16. The van der Waals surface area contributed by atoms with Gasteiger partial charge in [0.05, 0.1) is 11.2 Å². The quantitative estimate of drug-likeness (QED) is 0.872. The molecule has 0 radical (unpaired) electrons. The molecule has 1 amide bonds. The van der Waals surface area contributed by atoms with E-state index in [1.54, 1.807) is 12.3 Å². The summed E-state index contributed by atoms with van der Waals surface area (Å²) in [4.78, 5) is 16.1. The van der Waals surface area contributed by atoms with Crippen LogP contribution in [0.3, 0.4) is 0 Å². The highest BCUT2D eigenvalue weighted by Gasteiger charge is 2.13. The molecule has 1 heterocycles. The summed E-state index contributed by atoms with van der Waals surface area (Å²) in [6.07, 6.45) is 2.48. The first kappa shape index (κ1) is 16.6. The standard InChI is InChI=1S/C17H21ClN2O2/c1-11(2)12(3)20-16(21)8-9-17-19-10-15(22-17)13-6-4-5-7-14(13)18/h4-7,10-12H,8-9H2,1-3H3,(H,20,21). The molecule has 2 rings (SSSR count). The van der Waals surface area contributed by atoms with Crippen LogP contribution in [0.4, 0.5) is 0 Å². The third-order valence-electron chi connectivity index (χ3n) is 3.65. The summed E-state index contributed by atoms with van der Waals surface area (Å²) < 4.78 is 5.68. The van der Waals surface area contributed by atoms with Crippen molar-refractivity contribution in [2.75, 3.05) is 0 Å². The molecule has 1 N–H and O–H groups in total. The van der Waals surface area contributed by atoms with Crippen molar-refractivity contribution in [3.8, 4) is 11.3 Å². The topological polar surface area (TPSA) is 55.1 Å². The molecule has 2 aromatic rings. The fourth-order valence-corrected chi connectivity index (χ4v) is 2.15. The van der Waals surface area contributed by atoms with Crippen LogP contribution < -0.4 is 5.32 Å². The number of aromatic nitrogens is 1. The Morgan fingerprint density at radius 1 is 1.32 bits per heavy atom. The van der Waals surface area contributed by atoms with Crippen molar-refractivity contribution in [2.24, 2.45) is 5.92 Å². The molecule has 0 saturated carbocycles. The third kappa shape index (κ3) is 4.34. The molecule has 22 heavy (non-hydrogen) atoms. The van der Waals surface area contributed by atoms with E-state index < -0.39 is 0 Å². The van der Waals surface area contributed by atoms with E-state index in [0.717, 1.165) is 5.56 Å². The smallest absolute Gasteiger partial charge is 0.220 e. The van der Waals surface area contributed by atoms with E-state index in [2.05, 4.69) is 24.1 Å². The van der Waals surface area contributed by atoms with Gasteiger partial charge in [0, 0.05) is 24.4 Å². The van der Waals surface area contributed by atoms with Crippen LogP contribution >= 0.6 is 11.6 Å². The molecule has 0 fully saturated rings. The number of benzene rings is 1. The zero-order valence-corrected chi connectivity index (χ0v) is 13.9. The number of hydrogen-bond acceptors (Lipinski definition) is 3. The molecule has 1 unspecified atom stereocenters. The molecule has 0 aliphatic carbocycles. The number of amides is 1. The first-order valence-corrected chi connectivity index (χ1v) is 7.84. The Labute approximate surface area is 135 Å². The molecule has 0 bridgehead atoms. The van der Waals surface area contributed by atoms with Gasteiger partial charge >= 0.3 is 0 Å². The summed E-state index contributed by atoms with van der Waals surface area (Å²) in [5.41, 5.74) is 0.806. The van der Waals surface area contributed by atoms with Crippen LogP contribution in [0, 0.1) is 5.92 Å². The number of rotatable bonds is 6. The molecule has 4 nitrogen and oxygen atoms in total.